The summed E-state index contributed by atoms with van der Waals surface area (Å²) >= 11 is 6.07. The van der Waals surface area contributed by atoms with Crippen LogP contribution in [0.5, 0.6) is 0 Å². The number of nitrogens with zero attached hydrogens (tertiary/aromatic N) is 2. The Bertz CT molecular complexity index is 668. The molecular weight excluding hydrogens is 370 g/mol. The molecule has 2 N–H and O–H groups in total. The highest BCUT2D eigenvalue weighted by atomic mass is 35.5. The van der Waals surface area contributed by atoms with Crippen molar-refractivity contribution in [1.29, 1.82) is 0 Å². The first-order chi connectivity index (χ1) is 12.7. The molecule has 0 spiro atoms. The van der Waals surface area contributed by atoms with Gasteiger partial charge in [-0.15, -0.1) is 0 Å². The molecule has 1 aromatic rings. The number of rotatable bonds is 7. The van der Waals surface area contributed by atoms with Crippen molar-refractivity contribution in [1.82, 2.24) is 15.1 Å². The van der Waals surface area contributed by atoms with Crippen molar-refractivity contribution < 1.29 is 19.4 Å². The fourth-order valence-electron chi connectivity index (χ4n) is 3.08. The maximum Gasteiger partial charge on any atom is 0.317 e. The number of carbonyl (C=O) groups is 2. The predicted octanol–water partition coefficient (Wildman–Crippen LogP) is 2.04. The van der Waals surface area contributed by atoms with Crippen LogP contribution in [0.4, 0.5) is 4.79 Å². The topological polar surface area (TPSA) is 82.1 Å². The fraction of sp³-hybridized carbons (Fsp3) is 0.579. The van der Waals surface area contributed by atoms with Gasteiger partial charge in [0.25, 0.3) is 0 Å². The van der Waals surface area contributed by atoms with Crippen molar-refractivity contribution >= 4 is 23.6 Å². The van der Waals surface area contributed by atoms with Crippen molar-refractivity contribution in [3.8, 4) is 0 Å². The number of morpholine rings is 1. The molecule has 2 rings (SSSR count). The molecular formula is C19H28ClN3O4. The van der Waals surface area contributed by atoms with Crippen LogP contribution in [-0.2, 0) is 14.9 Å². The first-order valence-corrected chi connectivity index (χ1v) is 9.36. The molecule has 27 heavy (non-hydrogen) atoms. The maximum atomic E-state index is 12.6. The third-order valence-electron chi connectivity index (χ3n) is 4.63. The Hall–Kier alpha value is -1.83. The van der Waals surface area contributed by atoms with Gasteiger partial charge in [0.05, 0.1) is 19.3 Å². The zero-order valence-corrected chi connectivity index (χ0v) is 16.8. The average molecular weight is 398 g/mol. The van der Waals surface area contributed by atoms with Gasteiger partial charge in [-0.2, -0.15) is 0 Å². The van der Waals surface area contributed by atoms with Gasteiger partial charge >= 0.3 is 12.0 Å². The molecule has 1 atom stereocenters. The molecule has 0 aliphatic carbocycles. The number of ether oxygens (including phenoxy) is 1. The van der Waals surface area contributed by atoms with E-state index >= 15 is 0 Å². The molecule has 1 aliphatic rings. The molecule has 0 bridgehead atoms. The minimum absolute atomic E-state index is 0.0557. The Morgan fingerprint density at radius 3 is 2.85 bits per heavy atom. The van der Waals surface area contributed by atoms with Gasteiger partial charge in [-0.1, -0.05) is 37.6 Å². The van der Waals surface area contributed by atoms with E-state index in [0.717, 1.165) is 5.56 Å². The van der Waals surface area contributed by atoms with Gasteiger partial charge in [-0.3, -0.25) is 9.69 Å². The van der Waals surface area contributed by atoms with E-state index in [2.05, 4.69) is 19.2 Å². The summed E-state index contributed by atoms with van der Waals surface area (Å²) in [6, 6.07) is 7.51. The number of nitrogens with one attached hydrogen (secondary N) is 1. The Labute approximate surface area is 165 Å². The number of carboxylic acids is 1. The molecule has 7 nitrogen and oxygen atoms in total. The monoisotopic (exact) mass is 397 g/mol. The van der Waals surface area contributed by atoms with E-state index in [4.69, 9.17) is 21.4 Å². The lowest BCUT2D eigenvalue weighted by molar-refractivity contribution is -0.138. The number of hydrogen-bond acceptors (Lipinski definition) is 4. The van der Waals surface area contributed by atoms with E-state index in [1.54, 1.807) is 16.8 Å². The molecule has 0 radical (unpaired) electrons. The molecule has 1 heterocycles. The molecule has 1 aromatic carbocycles. The Kier molecular flexibility index (Phi) is 7.47. The van der Waals surface area contributed by atoms with Crippen LogP contribution in [0.3, 0.4) is 0 Å². The zero-order chi connectivity index (χ0) is 20.0. The molecule has 1 fully saturated rings. The second-order valence-corrected chi connectivity index (χ2v) is 8.02. The molecule has 0 saturated carbocycles. The smallest absolute Gasteiger partial charge is 0.317 e. The van der Waals surface area contributed by atoms with Crippen molar-refractivity contribution in [2.75, 3.05) is 46.4 Å². The average Bonchev–Trinajstić information content (AvgIpc) is 2.59. The minimum Gasteiger partial charge on any atom is -0.480 e. The van der Waals surface area contributed by atoms with Gasteiger partial charge in [-0.05, 0) is 24.7 Å². The number of hydrogen-bond donors (Lipinski definition) is 2. The van der Waals surface area contributed by atoms with E-state index in [9.17, 15) is 9.59 Å². The third-order valence-corrected chi connectivity index (χ3v) is 4.87. The molecule has 150 valence electrons. The fourth-order valence-corrected chi connectivity index (χ4v) is 3.27. The number of halogens is 1. The van der Waals surface area contributed by atoms with E-state index in [1.807, 2.05) is 24.3 Å². The van der Waals surface area contributed by atoms with Crippen LogP contribution in [0.15, 0.2) is 24.3 Å². The number of benzene rings is 1. The van der Waals surface area contributed by atoms with E-state index < -0.39 is 5.97 Å². The van der Waals surface area contributed by atoms with Crippen molar-refractivity contribution in [2.24, 2.45) is 0 Å². The lowest BCUT2D eigenvalue weighted by Crippen LogP contribution is -2.53. The summed E-state index contributed by atoms with van der Waals surface area (Å²) in [6.45, 7) is 6.40. The van der Waals surface area contributed by atoms with Crippen molar-refractivity contribution in [2.45, 2.75) is 25.4 Å². The molecule has 2 amide bonds. The van der Waals surface area contributed by atoms with Gasteiger partial charge in [0.2, 0.25) is 0 Å². The highest BCUT2D eigenvalue weighted by molar-refractivity contribution is 6.30. The maximum absolute atomic E-state index is 12.6. The van der Waals surface area contributed by atoms with Crippen LogP contribution >= 0.6 is 11.6 Å². The van der Waals surface area contributed by atoms with Gasteiger partial charge in [0.1, 0.15) is 0 Å². The lowest BCUT2D eigenvalue weighted by Gasteiger charge is -2.35. The summed E-state index contributed by atoms with van der Waals surface area (Å²) in [6.07, 6.45) is -0.199. The minimum atomic E-state index is -0.883. The van der Waals surface area contributed by atoms with Crippen LogP contribution in [0.25, 0.3) is 0 Å². The number of amides is 2. The number of likely N-dealkylation sites (N-methyl/N-ethyl adjacent to an activating group) is 1. The number of carboxylic acid groups (broad SMARTS) is 1. The van der Waals surface area contributed by atoms with E-state index in [0.29, 0.717) is 37.8 Å². The van der Waals surface area contributed by atoms with Crippen molar-refractivity contribution in [3.05, 3.63) is 34.9 Å². The van der Waals surface area contributed by atoms with Crippen LogP contribution in [0.1, 0.15) is 19.4 Å². The van der Waals surface area contributed by atoms with Crippen LogP contribution in [-0.4, -0.2) is 79.4 Å². The van der Waals surface area contributed by atoms with Gasteiger partial charge in [0.15, 0.2) is 0 Å². The van der Waals surface area contributed by atoms with Gasteiger partial charge < -0.3 is 20.1 Å². The highest BCUT2D eigenvalue weighted by Gasteiger charge is 2.27. The Morgan fingerprint density at radius 2 is 2.19 bits per heavy atom. The molecule has 8 heteroatoms. The molecule has 1 saturated heterocycles. The molecule has 1 aliphatic heterocycles. The second kappa shape index (κ2) is 9.39. The highest BCUT2D eigenvalue weighted by Crippen LogP contribution is 2.25. The van der Waals surface area contributed by atoms with Gasteiger partial charge in [-0.25, -0.2) is 4.79 Å². The quantitative estimate of drug-likeness (QED) is 0.735. The number of urea groups is 1. The second-order valence-electron chi connectivity index (χ2n) is 7.58. The van der Waals surface area contributed by atoms with Crippen LogP contribution in [0.2, 0.25) is 5.02 Å². The molecule has 0 aromatic heterocycles. The van der Waals surface area contributed by atoms with E-state index in [1.165, 1.54) is 0 Å². The van der Waals surface area contributed by atoms with E-state index in [-0.39, 0.29) is 24.1 Å². The summed E-state index contributed by atoms with van der Waals surface area (Å²) in [5.74, 6) is -0.883. The SMILES string of the molecule is CN(CC(=O)O)CC1CN(C(=O)NCC(C)(C)c2cccc(Cl)c2)CCO1. The normalized spacial score (nSPS) is 17.8. The Morgan fingerprint density at radius 1 is 1.44 bits per heavy atom. The zero-order valence-electron chi connectivity index (χ0n) is 16.1. The lowest BCUT2D eigenvalue weighted by atomic mass is 9.84. The Balaban J connectivity index is 1.87. The predicted molar refractivity (Wildman–Crippen MR) is 104 cm³/mol. The first kappa shape index (κ1) is 21.5. The summed E-state index contributed by atoms with van der Waals surface area (Å²) in [5, 5.41) is 12.5. The van der Waals surface area contributed by atoms with Crippen LogP contribution in [0, 0.1) is 0 Å². The summed E-state index contributed by atoms with van der Waals surface area (Å²) < 4.78 is 5.67. The van der Waals surface area contributed by atoms with Crippen molar-refractivity contribution in [3.63, 3.8) is 0 Å². The standard InChI is InChI=1S/C19H28ClN3O4/c1-19(2,14-5-4-6-15(20)9-14)13-21-18(26)23-7-8-27-16(11-23)10-22(3)12-17(24)25/h4-6,9,16H,7-8,10-13H2,1-3H3,(H,21,26)(H,24,25). The summed E-state index contributed by atoms with van der Waals surface area (Å²) in [7, 11) is 1.73. The number of carbonyl (C=O) groups excluding carboxylic acids is 1. The molecule has 1 unspecified atom stereocenters. The third kappa shape index (κ3) is 6.68. The van der Waals surface area contributed by atoms with Gasteiger partial charge in [0, 0.05) is 36.6 Å². The summed E-state index contributed by atoms with van der Waals surface area (Å²) in [5.41, 5.74) is 0.805. The number of aliphatic carboxylic acids is 1. The largest absolute Gasteiger partial charge is 0.480 e. The summed E-state index contributed by atoms with van der Waals surface area (Å²) in [4.78, 5) is 26.7. The first-order valence-electron chi connectivity index (χ1n) is 8.98. The van der Waals surface area contributed by atoms with Crippen LogP contribution < -0.4 is 5.32 Å².